The lowest BCUT2D eigenvalue weighted by Gasteiger charge is -1.90. The summed E-state index contributed by atoms with van der Waals surface area (Å²) >= 11 is 5.70. The van der Waals surface area contributed by atoms with Crippen molar-refractivity contribution in [3.8, 4) is 0 Å². The van der Waals surface area contributed by atoms with Gasteiger partial charge in [0.15, 0.2) is 5.15 Å². The van der Waals surface area contributed by atoms with Gasteiger partial charge in [0.05, 0.1) is 0 Å². The van der Waals surface area contributed by atoms with Crippen molar-refractivity contribution in [2.45, 2.75) is 27.7 Å². The maximum absolute atomic E-state index is 5.70. The normalized spacial score (nSPS) is 8.91. The number of hydrogen-bond acceptors (Lipinski definition) is 1. The van der Waals surface area contributed by atoms with Gasteiger partial charge in [-0.3, -0.25) is 4.68 Å². The van der Waals surface area contributed by atoms with Crippen LogP contribution in [-0.2, 0) is 7.05 Å². The minimum Gasteiger partial charge on any atom is -0.271 e. The molecular formula is C8H15ClN2. The Hall–Kier alpha value is -0.500. The molecule has 1 aromatic rings. The second-order valence-electron chi connectivity index (χ2n) is 2.12. The topological polar surface area (TPSA) is 17.8 Å². The number of hydrogen-bond donors (Lipinski definition) is 0. The Kier molecular flexibility index (Phi) is 4.19. The van der Waals surface area contributed by atoms with Gasteiger partial charge in [-0.15, -0.1) is 0 Å². The van der Waals surface area contributed by atoms with Crippen molar-refractivity contribution in [1.82, 2.24) is 9.78 Å². The highest BCUT2D eigenvalue weighted by Crippen LogP contribution is 2.15. The van der Waals surface area contributed by atoms with Gasteiger partial charge in [0, 0.05) is 18.3 Å². The summed E-state index contributed by atoms with van der Waals surface area (Å²) in [4.78, 5) is 0. The summed E-state index contributed by atoms with van der Waals surface area (Å²) in [6.45, 7) is 7.96. The fraction of sp³-hybridized carbons (Fsp3) is 0.625. The quantitative estimate of drug-likeness (QED) is 0.592. The first kappa shape index (κ1) is 10.5. The van der Waals surface area contributed by atoms with E-state index >= 15 is 0 Å². The second kappa shape index (κ2) is 4.39. The number of rotatable bonds is 0. The molecule has 0 aliphatic heterocycles. The average molecular weight is 175 g/mol. The van der Waals surface area contributed by atoms with Crippen LogP contribution in [0.3, 0.4) is 0 Å². The van der Waals surface area contributed by atoms with E-state index in [2.05, 4.69) is 5.10 Å². The smallest absolute Gasteiger partial charge is 0.154 e. The zero-order valence-electron chi connectivity index (χ0n) is 7.77. The fourth-order valence-corrected chi connectivity index (χ4v) is 0.924. The van der Waals surface area contributed by atoms with Gasteiger partial charge in [0.1, 0.15) is 0 Å². The minimum absolute atomic E-state index is 0.606. The van der Waals surface area contributed by atoms with Crippen LogP contribution in [0.15, 0.2) is 0 Å². The highest BCUT2D eigenvalue weighted by molar-refractivity contribution is 6.30. The van der Waals surface area contributed by atoms with Crippen LogP contribution in [-0.4, -0.2) is 9.78 Å². The van der Waals surface area contributed by atoms with E-state index in [0.717, 1.165) is 11.3 Å². The molecule has 0 unspecified atom stereocenters. The van der Waals surface area contributed by atoms with E-state index in [-0.39, 0.29) is 0 Å². The maximum Gasteiger partial charge on any atom is 0.154 e. The summed E-state index contributed by atoms with van der Waals surface area (Å²) in [5.74, 6) is 0. The van der Waals surface area contributed by atoms with Crippen LogP contribution >= 0.6 is 11.6 Å². The van der Waals surface area contributed by atoms with Crippen LogP contribution in [0.5, 0.6) is 0 Å². The third kappa shape index (κ3) is 2.22. The van der Waals surface area contributed by atoms with Crippen molar-refractivity contribution in [2.75, 3.05) is 0 Å². The molecule has 0 amide bonds. The molecule has 0 bridgehead atoms. The third-order valence-electron chi connectivity index (χ3n) is 1.58. The first-order valence-electron chi connectivity index (χ1n) is 3.78. The molecule has 1 rings (SSSR count). The van der Waals surface area contributed by atoms with E-state index in [1.807, 2.05) is 34.7 Å². The Balaban J connectivity index is 0.000000461. The van der Waals surface area contributed by atoms with Gasteiger partial charge in [0.25, 0.3) is 0 Å². The average Bonchev–Trinajstić information content (AvgIpc) is 2.22. The Labute approximate surface area is 73.2 Å². The molecule has 0 N–H and O–H groups in total. The van der Waals surface area contributed by atoms with Crippen LogP contribution in [0.1, 0.15) is 25.1 Å². The molecule has 2 nitrogen and oxygen atoms in total. The van der Waals surface area contributed by atoms with Crippen LogP contribution in [0.4, 0.5) is 0 Å². The van der Waals surface area contributed by atoms with Gasteiger partial charge in [-0.25, -0.2) is 0 Å². The Bertz CT molecular complexity index is 206. The van der Waals surface area contributed by atoms with Crippen molar-refractivity contribution in [3.05, 3.63) is 16.4 Å². The van der Waals surface area contributed by atoms with Crippen molar-refractivity contribution < 1.29 is 0 Å². The predicted molar refractivity (Wildman–Crippen MR) is 49.0 cm³/mol. The molecule has 11 heavy (non-hydrogen) atoms. The molecular weight excluding hydrogens is 160 g/mol. The van der Waals surface area contributed by atoms with Gasteiger partial charge in [-0.1, -0.05) is 25.4 Å². The van der Waals surface area contributed by atoms with E-state index in [1.165, 1.54) is 0 Å². The summed E-state index contributed by atoms with van der Waals surface area (Å²) in [6, 6.07) is 0. The Morgan fingerprint density at radius 3 is 1.82 bits per heavy atom. The molecule has 0 saturated heterocycles. The van der Waals surface area contributed by atoms with E-state index in [9.17, 15) is 0 Å². The monoisotopic (exact) mass is 174 g/mol. The van der Waals surface area contributed by atoms with E-state index in [4.69, 9.17) is 11.6 Å². The van der Waals surface area contributed by atoms with Crippen LogP contribution < -0.4 is 0 Å². The zero-order valence-corrected chi connectivity index (χ0v) is 8.53. The van der Waals surface area contributed by atoms with E-state index < -0.39 is 0 Å². The Morgan fingerprint density at radius 1 is 1.27 bits per heavy atom. The van der Waals surface area contributed by atoms with Crippen molar-refractivity contribution in [2.24, 2.45) is 7.05 Å². The van der Waals surface area contributed by atoms with Gasteiger partial charge in [0.2, 0.25) is 0 Å². The zero-order chi connectivity index (χ0) is 9.02. The molecule has 0 aliphatic carbocycles. The molecule has 0 saturated carbocycles. The van der Waals surface area contributed by atoms with E-state index in [0.29, 0.717) is 5.15 Å². The van der Waals surface area contributed by atoms with Gasteiger partial charge < -0.3 is 0 Å². The van der Waals surface area contributed by atoms with Crippen LogP contribution in [0, 0.1) is 13.8 Å². The molecule has 0 fully saturated rings. The summed E-state index contributed by atoms with van der Waals surface area (Å²) in [6.07, 6.45) is 0. The van der Waals surface area contributed by atoms with Crippen LogP contribution in [0.25, 0.3) is 0 Å². The molecule has 0 spiro atoms. The standard InChI is InChI=1S/C6H9ClN2.C2H6/c1-4-5(2)9(3)8-6(4)7;1-2/h1-3H3;1-2H3. The molecule has 64 valence electrons. The molecule has 0 aliphatic rings. The number of aryl methyl sites for hydroxylation is 1. The van der Waals surface area contributed by atoms with Crippen molar-refractivity contribution in [3.63, 3.8) is 0 Å². The SMILES string of the molecule is CC.Cc1c(Cl)nn(C)c1C. The number of halogens is 1. The van der Waals surface area contributed by atoms with Crippen molar-refractivity contribution in [1.29, 1.82) is 0 Å². The summed E-state index contributed by atoms with van der Waals surface area (Å²) in [7, 11) is 1.88. The number of nitrogens with zero attached hydrogens (tertiary/aromatic N) is 2. The lowest BCUT2D eigenvalue weighted by molar-refractivity contribution is 0.739. The van der Waals surface area contributed by atoms with E-state index in [1.54, 1.807) is 4.68 Å². The second-order valence-corrected chi connectivity index (χ2v) is 2.48. The number of aromatic nitrogens is 2. The molecule has 1 aromatic heterocycles. The first-order chi connectivity index (χ1) is 5.13. The lowest BCUT2D eigenvalue weighted by Crippen LogP contribution is -1.91. The van der Waals surface area contributed by atoms with Gasteiger partial charge >= 0.3 is 0 Å². The van der Waals surface area contributed by atoms with Gasteiger partial charge in [-0.2, -0.15) is 5.10 Å². The van der Waals surface area contributed by atoms with Crippen molar-refractivity contribution >= 4 is 11.6 Å². The predicted octanol–water partition coefficient (Wildman–Crippen LogP) is 2.72. The Morgan fingerprint density at radius 2 is 1.73 bits per heavy atom. The molecule has 3 heteroatoms. The fourth-order valence-electron chi connectivity index (χ4n) is 0.674. The largest absolute Gasteiger partial charge is 0.271 e. The molecule has 0 aromatic carbocycles. The molecule has 1 heterocycles. The summed E-state index contributed by atoms with van der Waals surface area (Å²) < 4.78 is 1.78. The first-order valence-corrected chi connectivity index (χ1v) is 4.16. The van der Waals surface area contributed by atoms with Crippen LogP contribution in [0.2, 0.25) is 5.15 Å². The molecule has 0 radical (unpaired) electrons. The summed E-state index contributed by atoms with van der Waals surface area (Å²) in [5.41, 5.74) is 2.19. The summed E-state index contributed by atoms with van der Waals surface area (Å²) in [5, 5.41) is 4.60. The maximum atomic E-state index is 5.70. The highest BCUT2D eigenvalue weighted by atomic mass is 35.5. The molecule has 0 atom stereocenters. The highest BCUT2D eigenvalue weighted by Gasteiger charge is 2.03. The van der Waals surface area contributed by atoms with Gasteiger partial charge in [-0.05, 0) is 13.8 Å². The minimum atomic E-state index is 0.606. The third-order valence-corrected chi connectivity index (χ3v) is 1.93. The lowest BCUT2D eigenvalue weighted by atomic mass is 10.3.